The van der Waals surface area contributed by atoms with Crippen LogP contribution in [-0.2, 0) is 12.8 Å². The third-order valence-corrected chi connectivity index (χ3v) is 19.8. The molecule has 2 heterocycles. The molecule has 6 heteroatoms. The maximum absolute atomic E-state index is 7.15. The number of unbranched alkanes of at least 4 members (excludes halogenated alkanes) is 2. The zero-order chi connectivity index (χ0) is 49.5. The molecule has 0 bridgehead atoms. The Morgan fingerprint density at radius 1 is 0.458 bits per heavy atom. The van der Waals surface area contributed by atoms with Crippen LogP contribution in [0.5, 0.6) is 0 Å². The van der Waals surface area contributed by atoms with E-state index in [1.54, 1.807) is 0 Å². The number of benzene rings is 9. The van der Waals surface area contributed by atoms with Gasteiger partial charge in [0.1, 0.15) is 11.2 Å². The van der Waals surface area contributed by atoms with Gasteiger partial charge in [0.2, 0.25) is 0 Å². The molecule has 0 amide bonds. The summed E-state index contributed by atoms with van der Waals surface area (Å²) in [6.07, 6.45) is 9.90. The summed E-state index contributed by atoms with van der Waals surface area (Å²) < 4.78 is 14.3. The predicted octanol–water partition coefficient (Wildman–Crippen LogP) is 17.8. The summed E-state index contributed by atoms with van der Waals surface area (Å²) in [5.41, 5.74) is 13.4. The van der Waals surface area contributed by atoms with Crippen LogP contribution in [0.3, 0.4) is 0 Å². The molecule has 0 saturated carbocycles. The largest absolute Gasteiger partial charge is 0.454 e. The molecule has 11 aromatic rings. The Balaban J connectivity index is 1.08. The van der Waals surface area contributed by atoms with E-state index in [9.17, 15) is 0 Å². The van der Waals surface area contributed by atoms with Gasteiger partial charge in [-0.05, 0) is 113 Å². The highest BCUT2D eigenvalue weighted by molar-refractivity contribution is 6.89. The number of hydrogen-bond acceptors (Lipinski definition) is 4. The van der Waals surface area contributed by atoms with E-state index in [0.717, 1.165) is 95.4 Å². The van der Waals surface area contributed by atoms with E-state index >= 15 is 0 Å². The van der Waals surface area contributed by atoms with Crippen molar-refractivity contribution in [2.24, 2.45) is 0 Å². The Hall–Kier alpha value is -6.87. The fourth-order valence-corrected chi connectivity index (χ4v) is 14.1. The lowest BCUT2D eigenvalue weighted by Crippen LogP contribution is -2.37. The van der Waals surface area contributed by atoms with E-state index in [1.165, 1.54) is 75.7 Å². The summed E-state index contributed by atoms with van der Waals surface area (Å²) in [5.74, 6) is 0. The molecule has 1 unspecified atom stereocenters. The van der Waals surface area contributed by atoms with Crippen LogP contribution in [0.15, 0.2) is 167 Å². The highest BCUT2D eigenvalue weighted by atomic mass is 28.3. The molecule has 0 spiro atoms. The number of hydrogen-bond donors (Lipinski definition) is 0. The summed E-state index contributed by atoms with van der Waals surface area (Å²) in [5, 5.41) is 14.0. The van der Waals surface area contributed by atoms with Crippen LogP contribution in [0, 0.1) is 0 Å². The average molecular weight is 975 g/mol. The molecule has 0 fully saturated rings. The number of furan rings is 2. The van der Waals surface area contributed by atoms with Crippen LogP contribution < -0.4 is 25.4 Å². The maximum Gasteiger partial charge on any atom is 0.159 e. The van der Waals surface area contributed by atoms with Crippen molar-refractivity contribution < 1.29 is 8.83 Å². The number of para-hydroxylation sites is 4. The molecule has 4 nitrogen and oxygen atoms in total. The summed E-state index contributed by atoms with van der Waals surface area (Å²) in [4.78, 5) is 5.07. The van der Waals surface area contributed by atoms with E-state index in [1.807, 2.05) is 0 Å². The molecule has 12 rings (SSSR count). The van der Waals surface area contributed by atoms with E-state index in [0.29, 0.717) is 0 Å². The van der Waals surface area contributed by atoms with Crippen molar-refractivity contribution in [3.05, 3.63) is 180 Å². The highest BCUT2D eigenvalue weighted by Gasteiger charge is 2.32. The highest BCUT2D eigenvalue weighted by Crippen LogP contribution is 2.49. The van der Waals surface area contributed by atoms with Crippen LogP contribution in [0.25, 0.3) is 71.5 Å². The van der Waals surface area contributed by atoms with Gasteiger partial charge < -0.3 is 18.6 Å². The van der Waals surface area contributed by atoms with Gasteiger partial charge >= 0.3 is 0 Å². The first kappa shape index (κ1) is 46.2. The second kappa shape index (κ2) is 18.0. The lowest BCUT2D eigenvalue weighted by atomic mass is 9.85. The molecule has 1 atom stereocenters. The molecular formula is C66H66N2O2Si2. The van der Waals surface area contributed by atoms with Crippen LogP contribution >= 0.6 is 0 Å². The van der Waals surface area contributed by atoms with Crippen molar-refractivity contribution in [1.82, 2.24) is 0 Å². The van der Waals surface area contributed by atoms with Crippen LogP contribution in [0.4, 0.5) is 28.4 Å². The zero-order valence-corrected chi connectivity index (χ0v) is 45.3. The molecule has 0 aliphatic heterocycles. The normalized spacial score (nSPS) is 14.1. The molecule has 1 aliphatic carbocycles. The van der Waals surface area contributed by atoms with Gasteiger partial charge in [0.15, 0.2) is 11.2 Å². The lowest BCUT2D eigenvalue weighted by molar-refractivity contribution is 0.651. The van der Waals surface area contributed by atoms with E-state index < -0.39 is 16.1 Å². The number of nitrogens with zero attached hydrogens (tertiary/aromatic N) is 2. The minimum atomic E-state index is -1.57. The minimum Gasteiger partial charge on any atom is -0.454 e. The van der Waals surface area contributed by atoms with Crippen molar-refractivity contribution in [2.75, 3.05) is 9.80 Å². The fourth-order valence-electron chi connectivity index (χ4n) is 11.8. The minimum absolute atomic E-state index is 0.00340. The standard InChI is InChI=1S/C66H66N2O2Si2/c1-9-11-17-45-19-13-21-51-53-23-15-25-59(65(53)69-63(45)51)67(47-31-35-49(36-32-47)71(3,4)5)57-41-29-43-28-40-56-58(42-30-44-27-39-55(57)61(43)62(44)56)68(48-33-37-50(38-34-48)72(6,7)8)60-26-16-24-54-52-22-14-20-46(18-12-10-2)64(52)70-66(54)60/h13-16,19-41,58H,9-12,17-18,42H2,1-8H3. The van der Waals surface area contributed by atoms with Gasteiger partial charge in [0.25, 0.3) is 0 Å². The molecule has 2 aromatic heterocycles. The molecule has 360 valence electrons. The second-order valence-electron chi connectivity index (χ2n) is 22.5. The second-order valence-corrected chi connectivity index (χ2v) is 32.6. The first-order valence-corrected chi connectivity index (χ1v) is 33.6. The topological polar surface area (TPSA) is 32.8 Å². The van der Waals surface area contributed by atoms with E-state index in [-0.39, 0.29) is 6.04 Å². The number of fused-ring (bicyclic) bond motifs is 6. The number of rotatable bonds is 14. The first-order chi connectivity index (χ1) is 34.9. The van der Waals surface area contributed by atoms with E-state index in [2.05, 4.69) is 227 Å². The van der Waals surface area contributed by atoms with Gasteiger partial charge in [-0.25, -0.2) is 0 Å². The molecule has 0 N–H and O–H groups in total. The monoisotopic (exact) mass is 974 g/mol. The molecule has 0 saturated heterocycles. The van der Waals surface area contributed by atoms with Gasteiger partial charge in [-0.2, -0.15) is 0 Å². The Morgan fingerprint density at radius 2 is 0.972 bits per heavy atom. The quantitative estimate of drug-likeness (QED) is 0.102. The molecule has 0 radical (unpaired) electrons. The third kappa shape index (κ3) is 7.77. The Labute approximate surface area is 426 Å². The molecule has 1 aliphatic rings. The maximum atomic E-state index is 7.15. The van der Waals surface area contributed by atoms with Crippen molar-refractivity contribution in [1.29, 1.82) is 0 Å². The van der Waals surface area contributed by atoms with Crippen LogP contribution in [0.2, 0.25) is 39.3 Å². The fraction of sp³-hybridized carbons (Fsp3) is 0.242. The molecule has 9 aromatic carbocycles. The molecular weight excluding hydrogens is 909 g/mol. The van der Waals surface area contributed by atoms with Gasteiger partial charge in [0, 0.05) is 38.3 Å². The SMILES string of the molecule is CCCCc1cccc2c1oc1c(N(c3ccc([Si](C)(C)C)cc3)c3ccc4ccc5c6c(ccc3c46)=CCC5N(c3ccc([Si](C)(C)C)cc3)c3cccc4c3oc3c(CCCC)cccc34)cccc12. The summed E-state index contributed by atoms with van der Waals surface area (Å²) >= 11 is 0. The summed E-state index contributed by atoms with van der Waals surface area (Å²) in [7, 11) is -3.13. The predicted molar refractivity (Wildman–Crippen MR) is 316 cm³/mol. The Kier molecular flexibility index (Phi) is 11.6. The summed E-state index contributed by atoms with van der Waals surface area (Å²) in [6.45, 7) is 19.1. The Bertz CT molecular complexity index is 3910. The van der Waals surface area contributed by atoms with Gasteiger partial charge in [-0.15, -0.1) is 0 Å². The van der Waals surface area contributed by atoms with Gasteiger partial charge in [-0.1, -0.05) is 198 Å². The zero-order valence-electron chi connectivity index (χ0n) is 43.3. The van der Waals surface area contributed by atoms with Gasteiger partial charge in [-0.3, -0.25) is 0 Å². The number of anilines is 5. The smallest absolute Gasteiger partial charge is 0.159 e. The number of aryl methyl sites for hydroxylation is 2. The Morgan fingerprint density at radius 3 is 1.54 bits per heavy atom. The average Bonchev–Trinajstić information content (AvgIpc) is 3.98. The van der Waals surface area contributed by atoms with Gasteiger partial charge in [0.05, 0.1) is 39.3 Å². The first-order valence-electron chi connectivity index (χ1n) is 26.6. The van der Waals surface area contributed by atoms with Crippen molar-refractivity contribution in [3.63, 3.8) is 0 Å². The van der Waals surface area contributed by atoms with Crippen molar-refractivity contribution in [3.8, 4) is 0 Å². The van der Waals surface area contributed by atoms with E-state index in [4.69, 9.17) is 8.83 Å². The van der Waals surface area contributed by atoms with Crippen LogP contribution in [0.1, 0.15) is 68.7 Å². The summed E-state index contributed by atoms with van der Waals surface area (Å²) in [6, 6.07) is 60.0. The lowest BCUT2D eigenvalue weighted by Gasteiger charge is -2.36. The van der Waals surface area contributed by atoms with Crippen molar-refractivity contribution >= 4 is 126 Å². The van der Waals surface area contributed by atoms with Crippen molar-refractivity contribution in [2.45, 2.75) is 104 Å². The van der Waals surface area contributed by atoms with Crippen LogP contribution in [-0.4, -0.2) is 16.1 Å². The molecule has 72 heavy (non-hydrogen) atoms. The third-order valence-electron chi connectivity index (χ3n) is 15.7.